The average molecular weight is 382 g/mol. The van der Waals surface area contributed by atoms with Gasteiger partial charge in [0, 0.05) is 0 Å². The smallest absolute Gasteiger partial charge is 0.468 e. The Morgan fingerprint density at radius 3 is 2.36 bits per heavy atom. The van der Waals surface area contributed by atoms with Crippen LogP contribution >= 0.6 is 0 Å². The van der Waals surface area contributed by atoms with Crippen LogP contribution < -0.4 is 0 Å². The van der Waals surface area contributed by atoms with Crippen LogP contribution in [0.3, 0.4) is 0 Å². The zero-order chi connectivity index (χ0) is 19.1. The van der Waals surface area contributed by atoms with Crippen molar-refractivity contribution in [2.24, 2.45) is 28.1 Å². The number of alkyl halides is 3. The van der Waals surface area contributed by atoms with Crippen LogP contribution in [-0.2, 0) is 23.8 Å². The first-order valence-corrected chi connectivity index (χ1v) is 9.42. The first kappa shape index (κ1) is 18.5. The zero-order valence-electron chi connectivity index (χ0n) is 14.4. The number of hydrogen-bond acceptors (Lipinski definition) is 5. The van der Waals surface area contributed by atoms with Crippen molar-refractivity contribution in [3.63, 3.8) is 0 Å². The summed E-state index contributed by atoms with van der Waals surface area (Å²) in [5, 5.41) is 0. The molecule has 3 rings (SSSR count). The summed E-state index contributed by atoms with van der Waals surface area (Å²) in [6.07, 6.45) is 3.14. The van der Waals surface area contributed by atoms with E-state index < -0.39 is 38.2 Å². The fourth-order valence-electron chi connectivity index (χ4n) is 4.99. The molecule has 0 aromatic carbocycles. The first-order valence-electron chi connectivity index (χ1n) is 8.02. The second kappa shape index (κ2) is 4.92. The van der Waals surface area contributed by atoms with Crippen molar-refractivity contribution >= 4 is 16.1 Å². The number of carbonyl (C=O) groups excluding carboxylic acids is 1. The maximum atomic E-state index is 12.8. The summed E-state index contributed by atoms with van der Waals surface area (Å²) in [6.45, 7) is 5.91. The minimum atomic E-state index is -5.84. The van der Waals surface area contributed by atoms with Gasteiger partial charge in [-0.1, -0.05) is 20.8 Å². The number of carbonyl (C=O) groups is 1. The van der Waals surface area contributed by atoms with Crippen molar-refractivity contribution in [3.8, 4) is 0 Å². The number of methoxy groups -OCH3 is 1. The lowest BCUT2D eigenvalue weighted by atomic mass is 9.71. The van der Waals surface area contributed by atoms with Crippen LogP contribution in [0.25, 0.3) is 0 Å². The molecule has 4 atom stereocenters. The van der Waals surface area contributed by atoms with Crippen LogP contribution in [0, 0.1) is 28.1 Å². The van der Waals surface area contributed by atoms with E-state index in [1.807, 2.05) is 0 Å². The number of rotatable bonds is 3. The van der Waals surface area contributed by atoms with E-state index in [2.05, 4.69) is 18.0 Å². The van der Waals surface area contributed by atoms with Gasteiger partial charge in [0.1, 0.15) is 11.2 Å². The molecule has 0 aliphatic heterocycles. The van der Waals surface area contributed by atoms with Crippen molar-refractivity contribution in [3.05, 3.63) is 11.8 Å². The third-order valence-electron chi connectivity index (χ3n) is 6.18. The predicted octanol–water partition coefficient (Wildman–Crippen LogP) is 3.37. The SMILES string of the molecule is COC(=O)[C@@]12C[C@]1(C)[C@H]1CC(C)(C)C[C@H]1C=C2OS(=O)(=O)C(F)(F)F. The van der Waals surface area contributed by atoms with Crippen LogP contribution in [0.15, 0.2) is 11.8 Å². The quantitative estimate of drug-likeness (QED) is 0.425. The van der Waals surface area contributed by atoms with Crippen molar-refractivity contribution in [2.75, 3.05) is 7.11 Å². The second-order valence-electron chi connectivity index (χ2n) is 8.35. The molecule has 0 radical (unpaired) electrons. The third-order valence-corrected chi connectivity index (χ3v) is 7.15. The lowest BCUT2D eigenvalue weighted by molar-refractivity contribution is -0.149. The van der Waals surface area contributed by atoms with E-state index in [1.54, 1.807) is 6.92 Å². The monoisotopic (exact) mass is 382 g/mol. The van der Waals surface area contributed by atoms with Crippen molar-refractivity contribution < 1.29 is 35.3 Å². The van der Waals surface area contributed by atoms with E-state index in [0.29, 0.717) is 6.42 Å². The Balaban J connectivity index is 2.07. The summed E-state index contributed by atoms with van der Waals surface area (Å²) in [5.41, 5.74) is -7.72. The topological polar surface area (TPSA) is 69.7 Å². The molecule has 0 bridgehead atoms. The van der Waals surface area contributed by atoms with Gasteiger partial charge in [-0.2, -0.15) is 21.6 Å². The normalized spacial score (nSPS) is 39.1. The molecule has 5 nitrogen and oxygen atoms in total. The third kappa shape index (κ3) is 2.41. The zero-order valence-corrected chi connectivity index (χ0v) is 15.3. The number of esters is 1. The molecule has 0 spiro atoms. The van der Waals surface area contributed by atoms with E-state index in [4.69, 9.17) is 4.74 Å². The minimum absolute atomic E-state index is 0.0440. The molecular weight excluding hydrogens is 361 g/mol. The highest BCUT2D eigenvalue weighted by molar-refractivity contribution is 7.87. The fraction of sp³-hybridized carbons (Fsp3) is 0.812. The van der Waals surface area contributed by atoms with Crippen molar-refractivity contribution in [1.29, 1.82) is 0 Å². The second-order valence-corrected chi connectivity index (χ2v) is 9.89. The fourth-order valence-corrected chi connectivity index (χ4v) is 5.52. The van der Waals surface area contributed by atoms with Gasteiger partial charge in [0.05, 0.1) is 7.11 Å². The molecule has 2 fully saturated rings. The highest BCUT2D eigenvalue weighted by Crippen LogP contribution is 2.78. The van der Waals surface area contributed by atoms with Crippen molar-refractivity contribution in [2.45, 2.75) is 45.5 Å². The summed E-state index contributed by atoms with van der Waals surface area (Å²) >= 11 is 0. The molecular formula is C16H21F3O5S. The van der Waals surface area contributed by atoms with Crippen LogP contribution in [-0.4, -0.2) is 27.0 Å². The number of allylic oxidation sites excluding steroid dienone is 1. The molecule has 142 valence electrons. The van der Waals surface area contributed by atoms with Crippen LogP contribution in [0.5, 0.6) is 0 Å². The average Bonchev–Trinajstić information content (AvgIpc) is 2.98. The summed E-state index contributed by atoms with van der Waals surface area (Å²) in [7, 11) is -4.71. The molecule has 0 saturated heterocycles. The Kier molecular flexibility index (Phi) is 3.65. The summed E-state index contributed by atoms with van der Waals surface area (Å²) in [6, 6.07) is 0. The maximum absolute atomic E-state index is 12.8. The Bertz CT molecular complexity index is 754. The van der Waals surface area contributed by atoms with E-state index in [-0.39, 0.29) is 23.7 Å². The van der Waals surface area contributed by atoms with Gasteiger partial charge in [-0.3, -0.25) is 4.79 Å². The standard InChI is InChI=1S/C16H21F3O5S/c1-13(2)6-9-5-11(24-25(21,22)16(17,18)19)15(12(20)23-4)8-14(15,3)10(9)7-13/h5,9-10H,6-8H2,1-4H3/t9-,10+,14-,15+/m1/s1. The van der Waals surface area contributed by atoms with Gasteiger partial charge >= 0.3 is 21.6 Å². The maximum Gasteiger partial charge on any atom is 0.534 e. The minimum Gasteiger partial charge on any atom is -0.468 e. The molecule has 0 unspecified atom stereocenters. The van der Waals surface area contributed by atoms with E-state index >= 15 is 0 Å². The van der Waals surface area contributed by atoms with Gasteiger partial charge in [0.2, 0.25) is 0 Å². The molecule has 9 heteroatoms. The van der Waals surface area contributed by atoms with E-state index in [1.165, 1.54) is 6.08 Å². The highest BCUT2D eigenvalue weighted by atomic mass is 32.2. The molecule has 3 aliphatic rings. The summed E-state index contributed by atoms with van der Waals surface area (Å²) in [4.78, 5) is 12.4. The number of halogens is 3. The predicted molar refractivity (Wildman–Crippen MR) is 81.3 cm³/mol. The lowest BCUT2D eigenvalue weighted by Gasteiger charge is -2.35. The molecule has 0 N–H and O–H groups in total. The molecule has 25 heavy (non-hydrogen) atoms. The van der Waals surface area contributed by atoms with Crippen LogP contribution in [0.2, 0.25) is 0 Å². The van der Waals surface area contributed by atoms with E-state index in [9.17, 15) is 26.4 Å². The Morgan fingerprint density at radius 1 is 1.24 bits per heavy atom. The van der Waals surface area contributed by atoms with E-state index in [0.717, 1.165) is 13.5 Å². The van der Waals surface area contributed by atoms with Crippen molar-refractivity contribution in [1.82, 2.24) is 0 Å². The number of ether oxygens (including phenoxy) is 1. The molecule has 0 aromatic heterocycles. The molecule has 0 heterocycles. The summed E-state index contributed by atoms with van der Waals surface area (Å²) < 4.78 is 70.6. The molecule has 0 amide bonds. The van der Waals surface area contributed by atoms with Gasteiger partial charge in [-0.15, -0.1) is 0 Å². The molecule has 0 aromatic rings. The van der Waals surface area contributed by atoms with Crippen LogP contribution in [0.4, 0.5) is 13.2 Å². The Hall–Kier alpha value is -1.25. The molecule has 3 aliphatic carbocycles. The summed E-state index contributed by atoms with van der Waals surface area (Å²) in [5.74, 6) is -1.24. The number of fused-ring (bicyclic) bond motifs is 3. The Labute approximate surface area is 144 Å². The molecule has 2 saturated carbocycles. The van der Waals surface area contributed by atoms with Gasteiger partial charge in [0.25, 0.3) is 0 Å². The first-order chi connectivity index (χ1) is 11.2. The van der Waals surface area contributed by atoms with Gasteiger partial charge in [0.15, 0.2) is 0 Å². The van der Waals surface area contributed by atoms with Gasteiger partial charge in [-0.25, -0.2) is 0 Å². The van der Waals surface area contributed by atoms with Crippen LogP contribution in [0.1, 0.15) is 40.0 Å². The number of hydrogen-bond donors (Lipinski definition) is 0. The Morgan fingerprint density at radius 2 is 1.84 bits per heavy atom. The van der Waals surface area contributed by atoms with Gasteiger partial charge < -0.3 is 8.92 Å². The largest absolute Gasteiger partial charge is 0.534 e. The lowest BCUT2D eigenvalue weighted by Crippen LogP contribution is -2.38. The van der Waals surface area contributed by atoms with Gasteiger partial charge in [-0.05, 0) is 48.0 Å². The highest BCUT2D eigenvalue weighted by Gasteiger charge is 2.79.